The molecule has 0 aliphatic rings. The van der Waals surface area contributed by atoms with Crippen LogP contribution in [0.1, 0.15) is 50.5 Å². The van der Waals surface area contributed by atoms with Gasteiger partial charge in [0.05, 0.1) is 5.69 Å². The molecule has 1 unspecified atom stereocenters. The number of ether oxygens (including phenoxy) is 1. The molecule has 1 atom stereocenters. The normalized spacial score (nSPS) is 12.6. The van der Waals surface area contributed by atoms with E-state index in [1.807, 2.05) is 36.1 Å². The van der Waals surface area contributed by atoms with E-state index in [9.17, 15) is 0 Å². The highest BCUT2D eigenvalue weighted by molar-refractivity contribution is 5.36. The number of rotatable bonds is 7. The molecule has 0 saturated heterocycles. The van der Waals surface area contributed by atoms with Gasteiger partial charge in [0.1, 0.15) is 12.4 Å². The smallest absolute Gasteiger partial charge is 0.132 e. The molecule has 0 saturated carbocycles. The van der Waals surface area contributed by atoms with Crippen molar-refractivity contribution in [3.63, 3.8) is 0 Å². The minimum absolute atomic E-state index is 0.314. The molecule has 21 heavy (non-hydrogen) atoms. The van der Waals surface area contributed by atoms with E-state index in [1.54, 1.807) is 0 Å². The summed E-state index contributed by atoms with van der Waals surface area (Å²) in [5.41, 5.74) is 2.15. The third-order valence-electron chi connectivity index (χ3n) is 3.62. The first-order valence-corrected chi connectivity index (χ1v) is 7.58. The van der Waals surface area contributed by atoms with Gasteiger partial charge in [0.25, 0.3) is 0 Å². The van der Waals surface area contributed by atoms with Crippen LogP contribution in [0.15, 0.2) is 36.5 Å². The Balaban J connectivity index is 2.08. The van der Waals surface area contributed by atoms with Crippen molar-refractivity contribution in [1.29, 1.82) is 0 Å². The van der Waals surface area contributed by atoms with E-state index in [-0.39, 0.29) is 0 Å². The highest BCUT2D eigenvalue weighted by atomic mass is 16.5. The van der Waals surface area contributed by atoms with Crippen LogP contribution in [-0.2, 0) is 6.61 Å². The van der Waals surface area contributed by atoms with Gasteiger partial charge in [0.15, 0.2) is 0 Å². The Kier molecular flexibility index (Phi) is 5.39. The summed E-state index contributed by atoms with van der Waals surface area (Å²) in [5, 5.41) is 7.84. The number of hydrogen-bond donors (Lipinski definition) is 1. The van der Waals surface area contributed by atoms with E-state index >= 15 is 0 Å². The molecule has 0 fully saturated rings. The zero-order chi connectivity index (χ0) is 15.2. The summed E-state index contributed by atoms with van der Waals surface area (Å²) in [6.45, 7) is 6.90. The monoisotopic (exact) mass is 287 g/mol. The molecule has 1 aromatic heterocycles. The van der Waals surface area contributed by atoms with Crippen molar-refractivity contribution in [2.75, 3.05) is 7.05 Å². The van der Waals surface area contributed by atoms with Gasteiger partial charge in [-0.25, -0.2) is 0 Å². The average molecular weight is 287 g/mol. The van der Waals surface area contributed by atoms with Gasteiger partial charge in [-0.1, -0.05) is 25.1 Å². The number of aromatic nitrogens is 2. The van der Waals surface area contributed by atoms with E-state index in [2.05, 4.69) is 43.3 Å². The fraction of sp³-hybridized carbons (Fsp3) is 0.471. The number of para-hydroxylation sites is 1. The molecule has 0 aliphatic heterocycles. The van der Waals surface area contributed by atoms with E-state index in [4.69, 9.17) is 4.74 Å². The van der Waals surface area contributed by atoms with Gasteiger partial charge < -0.3 is 10.1 Å². The van der Waals surface area contributed by atoms with Crippen molar-refractivity contribution < 1.29 is 4.74 Å². The second kappa shape index (κ2) is 7.27. The molecular formula is C17H25N3O. The summed E-state index contributed by atoms with van der Waals surface area (Å²) in [7, 11) is 1.98. The molecule has 1 heterocycles. The Morgan fingerprint density at radius 2 is 2.00 bits per heavy atom. The lowest BCUT2D eigenvalue weighted by Crippen LogP contribution is -2.16. The standard InChI is InChI=1S/C17H25N3O/c1-5-16(18-4)15-8-6-7-9-17(15)21-12-14-10-11-20(19-14)13(2)3/h6-11,13,16,18H,5,12H2,1-4H3. The topological polar surface area (TPSA) is 39.1 Å². The van der Waals surface area contributed by atoms with E-state index in [0.29, 0.717) is 18.7 Å². The van der Waals surface area contributed by atoms with Crippen LogP contribution in [0.5, 0.6) is 5.75 Å². The molecule has 1 aromatic carbocycles. The van der Waals surface area contributed by atoms with Crippen LogP contribution in [-0.4, -0.2) is 16.8 Å². The molecule has 0 spiro atoms. The molecule has 1 N–H and O–H groups in total. The van der Waals surface area contributed by atoms with Crippen LogP contribution in [0.3, 0.4) is 0 Å². The maximum Gasteiger partial charge on any atom is 0.132 e. The van der Waals surface area contributed by atoms with E-state index < -0.39 is 0 Å². The van der Waals surface area contributed by atoms with Crippen molar-refractivity contribution in [2.45, 2.75) is 45.9 Å². The Labute approximate surface area is 127 Å². The lowest BCUT2D eigenvalue weighted by atomic mass is 10.0. The van der Waals surface area contributed by atoms with Gasteiger partial charge in [-0.05, 0) is 39.4 Å². The molecule has 4 nitrogen and oxygen atoms in total. The molecule has 114 valence electrons. The highest BCUT2D eigenvalue weighted by Crippen LogP contribution is 2.27. The molecule has 0 radical (unpaired) electrons. The highest BCUT2D eigenvalue weighted by Gasteiger charge is 2.12. The average Bonchev–Trinajstić information content (AvgIpc) is 2.97. The molecular weight excluding hydrogens is 262 g/mol. The number of nitrogens with one attached hydrogen (secondary N) is 1. The van der Waals surface area contributed by atoms with Gasteiger partial charge in [-0.3, -0.25) is 4.68 Å². The van der Waals surface area contributed by atoms with Gasteiger partial charge in [0, 0.05) is 23.8 Å². The van der Waals surface area contributed by atoms with Crippen LogP contribution in [0.4, 0.5) is 0 Å². The van der Waals surface area contributed by atoms with Crippen molar-refractivity contribution in [2.24, 2.45) is 0 Å². The predicted octanol–water partition coefficient (Wildman–Crippen LogP) is 3.71. The Hall–Kier alpha value is -1.81. The Morgan fingerprint density at radius 1 is 1.24 bits per heavy atom. The first kappa shape index (κ1) is 15.6. The third-order valence-corrected chi connectivity index (χ3v) is 3.62. The molecule has 0 bridgehead atoms. The summed E-state index contributed by atoms with van der Waals surface area (Å²) >= 11 is 0. The first-order chi connectivity index (χ1) is 10.2. The fourth-order valence-corrected chi connectivity index (χ4v) is 2.37. The third kappa shape index (κ3) is 3.85. The maximum absolute atomic E-state index is 5.99. The van der Waals surface area contributed by atoms with Crippen molar-refractivity contribution >= 4 is 0 Å². The van der Waals surface area contributed by atoms with Crippen LogP contribution >= 0.6 is 0 Å². The summed E-state index contributed by atoms with van der Waals surface area (Å²) in [4.78, 5) is 0. The molecule has 4 heteroatoms. The van der Waals surface area contributed by atoms with Crippen molar-refractivity contribution in [3.8, 4) is 5.75 Å². The largest absolute Gasteiger partial charge is 0.487 e. The number of benzene rings is 1. The van der Waals surface area contributed by atoms with Crippen LogP contribution in [0.25, 0.3) is 0 Å². The maximum atomic E-state index is 5.99. The second-order valence-electron chi connectivity index (χ2n) is 5.46. The second-order valence-corrected chi connectivity index (χ2v) is 5.46. The first-order valence-electron chi connectivity index (χ1n) is 7.58. The molecule has 0 amide bonds. The van der Waals surface area contributed by atoms with Gasteiger partial charge >= 0.3 is 0 Å². The lowest BCUT2D eigenvalue weighted by molar-refractivity contribution is 0.292. The zero-order valence-corrected chi connectivity index (χ0v) is 13.3. The minimum Gasteiger partial charge on any atom is -0.487 e. The molecule has 0 aliphatic carbocycles. The zero-order valence-electron chi connectivity index (χ0n) is 13.3. The number of nitrogens with zero attached hydrogens (tertiary/aromatic N) is 2. The van der Waals surface area contributed by atoms with Crippen molar-refractivity contribution in [3.05, 3.63) is 47.8 Å². The lowest BCUT2D eigenvalue weighted by Gasteiger charge is -2.18. The summed E-state index contributed by atoms with van der Waals surface area (Å²) in [6.07, 6.45) is 3.02. The summed E-state index contributed by atoms with van der Waals surface area (Å²) in [6, 6.07) is 10.9. The summed E-state index contributed by atoms with van der Waals surface area (Å²) < 4.78 is 7.94. The molecule has 2 aromatic rings. The Bertz CT molecular complexity index is 559. The van der Waals surface area contributed by atoms with Crippen LogP contribution in [0.2, 0.25) is 0 Å². The minimum atomic E-state index is 0.314. The fourth-order valence-electron chi connectivity index (χ4n) is 2.37. The predicted molar refractivity (Wildman–Crippen MR) is 85.5 cm³/mol. The van der Waals surface area contributed by atoms with Gasteiger partial charge in [-0.15, -0.1) is 0 Å². The SMILES string of the molecule is CCC(NC)c1ccccc1OCc1ccn(C(C)C)n1. The van der Waals surface area contributed by atoms with E-state index in [1.165, 1.54) is 5.56 Å². The quantitative estimate of drug-likeness (QED) is 0.843. The van der Waals surface area contributed by atoms with Crippen molar-refractivity contribution in [1.82, 2.24) is 15.1 Å². The Morgan fingerprint density at radius 3 is 2.62 bits per heavy atom. The van der Waals surface area contributed by atoms with E-state index in [0.717, 1.165) is 17.9 Å². The number of hydrogen-bond acceptors (Lipinski definition) is 3. The molecule has 2 rings (SSSR count). The van der Waals surface area contributed by atoms with Crippen LogP contribution in [0, 0.1) is 0 Å². The summed E-state index contributed by atoms with van der Waals surface area (Å²) in [5.74, 6) is 0.929. The van der Waals surface area contributed by atoms with Gasteiger partial charge in [0.2, 0.25) is 0 Å². The van der Waals surface area contributed by atoms with Crippen LogP contribution < -0.4 is 10.1 Å². The van der Waals surface area contributed by atoms with Gasteiger partial charge in [-0.2, -0.15) is 5.10 Å².